The second-order valence-corrected chi connectivity index (χ2v) is 5.25. The van der Waals surface area contributed by atoms with Gasteiger partial charge in [-0.3, -0.25) is 0 Å². The molecular formula is C14H14N2S2. The maximum absolute atomic E-state index is 4.33. The lowest BCUT2D eigenvalue weighted by Crippen LogP contribution is -1.81. The van der Waals surface area contributed by atoms with Gasteiger partial charge in [0.2, 0.25) is 0 Å². The zero-order valence-electron chi connectivity index (χ0n) is 10.3. The van der Waals surface area contributed by atoms with Crippen LogP contribution in [0.15, 0.2) is 46.7 Å². The Morgan fingerprint density at radius 1 is 0.778 bits per heavy atom. The molecule has 18 heavy (non-hydrogen) atoms. The van der Waals surface area contributed by atoms with Gasteiger partial charge in [0.15, 0.2) is 0 Å². The first kappa shape index (κ1) is 13.2. The summed E-state index contributed by atoms with van der Waals surface area (Å²) in [7, 11) is 0. The first-order valence-corrected chi connectivity index (χ1v) is 7.95. The van der Waals surface area contributed by atoms with Crippen LogP contribution in [0.1, 0.15) is 11.1 Å². The molecule has 0 aromatic carbocycles. The van der Waals surface area contributed by atoms with E-state index in [0.717, 1.165) is 21.2 Å². The maximum atomic E-state index is 4.33. The first-order valence-electron chi connectivity index (χ1n) is 5.50. The summed E-state index contributed by atoms with van der Waals surface area (Å²) in [6.45, 7) is 0. The van der Waals surface area contributed by atoms with Crippen molar-refractivity contribution in [2.75, 3.05) is 12.5 Å². The van der Waals surface area contributed by atoms with Crippen molar-refractivity contribution in [3.8, 4) is 0 Å². The van der Waals surface area contributed by atoms with Crippen molar-refractivity contribution >= 4 is 35.7 Å². The van der Waals surface area contributed by atoms with Crippen LogP contribution in [0.2, 0.25) is 0 Å². The van der Waals surface area contributed by atoms with E-state index in [9.17, 15) is 0 Å². The predicted octanol–water partition coefficient (Wildman–Crippen LogP) is 4.09. The Kier molecular flexibility index (Phi) is 4.84. The van der Waals surface area contributed by atoms with Gasteiger partial charge in [-0.05, 0) is 35.8 Å². The Hall–Kier alpha value is -1.26. The normalized spacial score (nSPS) is 11.0. The average molecular weight is 274 g/mol. The smallest absolute Gasteiger partial charge is 0.0957 e. The second kappa shape index (κ2) is 6.61. The Labute approximate surface area is 116 Å². The third kappa shape index (κ3) is 3.62. The highest BCUT2D eigenvalue weighted by atomic mass is 32.2. The summed E-state index contributed by atoms with van der Waals surface area (Å²) < 4.78 is 0. The van der Waals surface area contributed by atoms with Crippen molar-refractivity contribution < 1.29 is 0 Å². The molecule has 0 saturated carbocycles. The van der Waals surface area contributed by atoms with Crippen LogP contribution in [0.4, 0.5) is 0 Å². The zero-order chi connectivity index (χ0) is 12.8. The standard InChI is InChI=1S/C14H14N2S2/c1-17-13-7-5-11(9-15-13)3-4-12-6-8-14(18-2)16-10-12/h3-10H,1-2H3/b4-3+. The number of hydrogen-bond donors (Lipinski definition) is 0. The lowest BCUT2D eigenvalue weighted by atomic mass is 10.2. The fraction of sp³-hybridized carbons (Fsp3) is 0.143. The summed E-state index contributed by atoms with van der Waals surface area (Å²) in [5, 5.41) is 2.08. The van der Waals surface area contributed by atoms with Gasteiger partial charge in [-0.2, -0.15) is 0 Å². The van der Waals surface area contributed by atoms with Crippen LogP contribution in [0.25, 0.3) is 12.2 Å². The van der Waals surface area contributed by atoms with Gasteiger partial charge in [0.25, 0.3) is 0 Å². The van der Waals surface area contributed by atoms with Crippen molar-refractivity contribution in [3.63, 3.8) is 0 Å². The summed E-state index contributed by atoms with van der Waals surface area (Å²) in [5.74, 6) is 0. The van der Waals surface area contributed by atoms with Crippen LogP contribution < -0.4 is 0 Å². The topological polar surface area (TPSA) is 25.8 Å². The summed E-state index contributed by atoms with van der Waals surface area (Å²) >= 11 is 3.30. The number of pyridine rings is 2. The van der Waals surface area contributed by atoms with E-state index in [1.165, 1.54) is 0 Å². The summed E-state index contributed by atoms with van der Waals surface area (Å²) in [6, 6.07) is 8.19. The molecule has 0 aliphatic heterocycles. The van der Waals surface area contributed by atoms with E-state index in [2.05, 4.69) is 22.1 Å². The highest BCUT2D eigenvalue weighted by Crippen LogP contribution is 2.14. The molecule has 4 heteroatoms. The molecular weight excluding hydrogens is 260 g/mol. The van der Waals surface area contributed by atoms with E-state index in [4.69, 9.17) is 0 Å². The molecule has 0 bridgehead atoms. The molecule has 92 valence electrons. The van der Waals surface area contributed by atoms with Crippen molar-refractivity contribution in [2.45, 2.75) is 10.1 Å². The van der Waals surface area contributed by atoms with Crippen molar-refractivity contribution in [1.82, 2.24) is 9.97 Å². The van der Waals surface area contributed by atoms with Crippen LogP contribution in [0.3, 0.4) is 0 Å². The van der Waals surface area contributed by atoms with Gasteiger partial charge in [-0.1, -0.05) is 24.3 Å². The molecule has 0 aliphatic carbocycles. The van der Waals surface area contributed by atoms with Gasteiger partial charge in [-0.25, -0.2) is 9.97 Å². The molecule has 2 aromatic heterocycles. The Bertz CT molecular complexity index is 469. The van der Waals surface area contributed by atoms with E-state index in [0.29, 0.717) is 0 Å². The number of rotatable bonds is 4. The molecule has 0 spiro atoms. The quantitative estimate of drug-likeness (QED) is 0.784. The third-order valence-electron chi connectivity index (χ3n) is 2.40. The summed E-state index contributed by atoms with van der Waals surface area (Å²) in [4.78, 5) is 8.66. The van der Waals surface area contributed by atoms with Gasteiger partial charge in [-0.15, -0.1) is 23.5 Å². The second-order valence-electron chi connectivity index (χ2n) is 3.60. The molecule has 0 atom stereocenters. The Morgan fingerprint density at radius 3 is 1.50 bits per heavy atom. The van der Waals surface area contributed by atoms with Crippen LogP contribution in [0.5, 0.6) is 0 Å². The molecule has 2 rings (SSSR count). The van der Waals surface area contributed by atoms with E-state index in [-0.39, 0.29) is 0 Å². The van der Waals surface area contributed by atoms with Gasteiger partial charge in [0.1, 0.15) is 0 Å². The van der Waals surface area contributed by atoms with Crippen molar-refractivity contribution in [3.05, 3.63) is 47.8 Å². The predicted molar refractivity (Wildman–Crippen MR) is 81.0 cm³/mol. The first-order chi connectivity index (χ1) is 8.81. The number of hydrogen-bond acceptors (Lipinski definition) is 4. The van der Waals surface area contributed by atoms with Crippen LogP contribution >= 0.6 is 23.5 Å². The molecule has 0 saturated heterocycles. The van der Waals surface area contributed by atoms with Gasteiger partial charge >= 0.3 is 0 Å². The van der Waals surface area contributed by atoms with Crippen LogP contribution in [-0.2, 0) is 0 Å². The van der Waals surface area contributed by atoms with Crippen LogP contribution in [-0.4, -0.2) is 22.5 Å². The fourth-order valence-corrected chi connectivity index (χ4v) is 2.14. The molecule has 0 aliphatic rings. The largest absolute Gasteiger partial charge is 0.249 e. The molecule has 0 unspecified atom stereocenters. The number of nitrogens with zero attached hydrogens (tertiary/aromatic N) is 2. The Morgan fingerprint density at radius 2 is 1.22 bits per heavy atom. The van der Waals surface area contributed by atoms with Gasteiger partial charge in [0.05, 0.1) is 10.1 Å². The summed E-state index contributed by atoms with van der Waals surface area (Å²) in [6.07, 6.45) is 11.9. The molecule has 0 fully saturated rings. The monoisotopic (exact) mass is 274 g/mol. The average Bonchev–Trinajstić information content (AvgIpc) is 2.46. The van der Waals surface area contributed by atoms with E-state index in [1.807, 2.05) is 49.2 Å². The van der Waals surface area contributed by atoms with Gasteiger partial charge in [0, 0.05) is 12.4 Å². The van der Waals surface area contributed by atoms with Crippen molar-refractivity contribution in [2.24, 2.45) is 0 Å². The number of thioether (sulfide) groups is 2. The van der Waals surface area contributed by atoms with E-state index in [1.54, 1.807) is 23.5 Å². The SMILES string of the molecule is CSc1ccc(/C=C/c2ccc(SC)nc2)cn1. The Balaban J connectivity index is 2.08. The molecule has 2 aromatic rings. The molecule has 0 amide bonds. The molecule has 2 heterocycles. The fourth-order valence-electron chi connectivity index (χ4n) is 1.41. The minimum atomic E-state index is 1.04. The summed E-state index contributed by atoms with van der Waals surface area (Å²) in [5.41, 5.74) is 2.20. The minimum absolute atomic E-state index is 1.04. The van der Waals surface area contributed by atoms with E-state index < -0.39 is 0 Å². The number of aromatic nitrogens is 2. The lowest BCUT2D eigenvalue weighted by Gasteiger charge is -1.97. The maximum Gasteiger partial charge on any atom is 0.0957 e. The third-order valence-corrected chi connectivity index (χ3v) is 3.72. The van der Waals surface area contributed by atoms with Gasteiger partial charge < -0.3 is 0 Å². The molecule has 0 radical (unpaired) electrons. The highest BCUT2D eigenvalue weighted by molar-refractivity contribution is 7.98. The minimum Gasteiger partial charge on any atom is -0.249 e. The molecule has 0 N–H and O–H groups in total. The van der Waals surface area contributed by atoms with E-state index >= 15 is 0 Å². The highest BCUT2D eigenvalue weighted by Gasteiger charge is 1.93. The zero-order valence-corrected chi connectivity index (χ0v) is 12.0. The van der Waals surface area contributed by atoms with Crippen LogP contribution in [0, 0.1) is 0 Å². The lowest BCUT2D eigenvalue weighted by molar-refractivity contribution is 1.13. The van der Waals surface area contributed by atoms with Crippen molar-refractivity contribution in [1.29, 1.82) is 0 Å². The molecule has 2 nitrogen and oxygen atoms in total.